The SMILES string of the molecule is Cc1ccc(OCc2cc(F)ccc2Cl)c([C@H](C)O)c1. The van der Waals surface area contributed by atoms with Crippen molar-refractivity contribution in [1.82, 2.24) is 0 Å². The largest absolute Gasteiger partial charge is 0.488 e. The molecule has 0 spiro atoms. The van der Waals surface area contributed by atoms with Gasteiger partial charge in [0.15, 0.2) is 0 Å². The van der Waals surface area contributed by atoms with Gasteiger partial charge in [0, 0.05) is 16.1 Å². The summed E-state index contributed by atoms with van der Waals surface area (Å²) in [7, 11) is 0. The molecule has 0 saturated heterocycles. The molecular formula is C16H16ClFO2. The zero-order chi connectivity index (χ0) is 14.7. The molecule has 2 aromatic rings. The zero-order valence-corrected chi connectivity index (χ0v) is 12.1. The minimum absolute atomic E-state index is 0.152. The predicted octanol–water partition coefficient (Wildman–Crippen LogP) is 4.42. The van der Waals surface area contributed by atoms with E-state index in [1.54, 1.807) is 13.0 Å². The van der Waals surface area contributed by atoms with Crippen molar-refractivity contribution in [2.24, 2.45) is 0 Å². The number of benzene rings is 2. The maximum atomic E-state index is 13.2. The van der Waals surface area contributed by atoms with Gasteiger partial charge in [-0.1, -0.05) is 23.2 Å². The van der Waals surface area contributed by atoms with Crippen molar-refractivity contribution >= 4 is 11.6 Å². The first kappa shape index (κ1) is 14.8. The van der Waals surface area contributed by atoms with E-state index in [9.17, 15) is 9.50 Å². The van der Waals surface area contributed by atoms with Gasteiger partial charge in [-0.2, -0.15) is 0 Å². The molecule has 1 atom stereocenters. The van der Waals surface area contributed by atoms with Gasteiger partial charge in [0.05, 0.1) is 6.10 Å². The Bertz CT molecular complexity index is 611. The molecule has 0 bridgehead atoms. The smallest absolute Gasteiger partial charge is 0.125 e. The Hall–Kier alpha value is -1.58. The molecule has 2 nitrogen and oxygen atoms in total. The minimum Gasteiger partial charge on any atom is -0.488 e. The van der Waals surface area contributed by atoms with Crippen LogP contribution in [0.4, 0.5) is 4.39 Å². The van der Waals surface area contributed by atoms with Crippen molar-refractivity contribution in [1.29, 1.82) is 0 Å². The molecule has 2 aromatic carbocycles. The first-order valence-corrected chi connectivity index (χ1v) is 6.70. The molecule has 4 heteroatoms. The third-order valence-electron chi connectivity index (χ3n) is 3.01. The van der Waals surface area contributed by atoms with E-state index in [0.717, 1.165) is 5.56 Å². The zero-order valence-electron chi connectivity index (χ0n) is 11.4. The highest BCUT2D eigenvalue weighted by Gasteiger charge is 2.11. The van der Waals surface area contributed by atoms with Crippen molar-refractivity contribution in [2.45, 2.75) is 26.6 Å². The fourth-order valence-electron chi connectivity index (χ4n) is 1.94. The summed E-state index contributed by atoms with van der Waals surface area (Å²) in [6, 6.07) is 9.71. The Morgan fingerprint density at radius 2 is 2.00 bits per heavy atom. The average molecular weight is 295 g/mol. The molecule has 0 aliphatic carbocycles. The molecule has 1 N–H and O–H groups in total. The number of aliphatic hydroxyl groups is 1. The molecule has 0 fully saturated rings. The second-order valence-electron chi connectivity index (χ2n) is 4.74. The van der Waals surface area contributed by atoms with Crippen LogP contribution in [0.5, 0.6) is 5.75 Å². The molecule has 0 aliphatic rings. The van der Waals surface area contributed by atoms with Crippen molar-refractivity contribution in [3.63, 3.8) is 0 Å². The van der Waals surface area contributed by atoms with E-state index in [1.807, 2.05) is 19.1 Å². The van der Waals surface area contributed by atoms with E-state index in [1.165, 1.54) is 18.2 Å². The molecule has 20 heavy (non-hydrogen) atoms. The van der Waals surface area contributed by atoms with Gasteiger partial charge in [-0.05, 0) is 44.2 Å². The van der Waals surface area contributed by atoms with Gasteiger partial charge < -0.3 is 9.84 Å². The van der Waals surface area contributed by atoms with Gasteiger partial charge >= 0.3 is 0 Å². The van der Waals surface area contributed by atoms with Crippen LogP contribution in [-0.4, -0.2) is 5.11 Å². The first-order valence-electron chi connectivity index (χ1n) is 6.32. The number of hydrogen-bond donors (Lipinski definition) is 1. The highest BCUT2D eigenvalue weighted by Crippen LogP contribution is 2.28. The third kappa shape index (κ3) is 3.50. The normalized spacial score (nSPS) is 12.2. The van der Waals surface area contributed by atoms with Crippen LogP contribution in [0.25, 0.3) is 0 Å². The molecule has 0 aromatic heterocycles. The van der Waals surface area contributed by atoms with E-state index in [4.69, 9.17) is 16.3 Å². The molecule has 0 saturated carbocycles. The van der Waals surface area contributed by atoms with E-state index in [0.29, 0.717) is 21.9 Å². The molecule has 0 amide bonds. The molecular weight excluding hydrogens is 279 g/mol. The topological polar surface area (TPSA) is 29.5 Å². The summed E-state index contributed by atoms with van der Waals surface area (Å²) >= 11 is 5.99. The predicted molar refractivity (Wildman–Crippen MR) is 77.6 cm³/mol. The Kier molecular flexibility index (Phi) is 4.63. The van der Waals surface area contributed by atoms with Crippen LogP contribution in [0.2, 0.25) is 5.02 Å². The van der Waals surface area contributed by atoms with Crippen molar-refractivity contribution in [3.05, 3.63) is 63.9 Å². The van der Waals surface area contributed by atoms with Crippen LogP contribution in [0.1, 0.15) is 29.7 Å². The molecule has 0 heterocycles. The van der Waals surface area contributed by atoms with Crippen molar-refractivity contribution in [3.8, 4) is 5.75 Å². The Balaban J connectivity index is 2.20. The van der Waals surface area contributed by atoms with E-state index >= 15 is 0 Å². The maximum Gasteiger partial charge on any atom is 0.125 e. The Morgan fingerprint density at radius 1 is 1.25 bits per heavy atom. The minimum atomic E-state index is -0.632. The average Bonchev–Trinajstić information content (AvgIpc) is 2.40. The number of hydrogen-bond acceptors (Lipinski definition) is 2. The number of halogens is 2. The van der Waals surface area contributed by atoms with E-state index < -0.39 is 6.10 Å². The van der Waals surface area contributed by atoms with Crippen LogP contribution in [0, 0.1) is 12.7 Å². The van der Waals surface area contributed by atoms with Gasteiger partial charge in [-0.3, -0.25) is 0 Å². The molecule has 0 radical (unpaired) electrons. The number of aliphatic hydroxyl groups excluding tert-OH is 1. The highest BCUT2D eigenvalue weighted by molar-refractivity contribution is 6.31. The van der Waals surface area contributed by atoms with Gasteiger partial charge in [-0.15, -0.1) is 0 Å². The fraction of sp³-hybridized carbons (Fsp3) is 0.250. The van der Waals surface area contributed by atoms with Gasteiger partial charge in [0.25, 0.3) is 0 Å². The first-order chi connectivity index (χ1) is 9.47. The summed E-state index contributed by atoms with van der Waals surface area (Å²) in [4.78, 5) is 0. The van der Waals surface area contributed by atoms with E-state index in [2.05, 4.69) is 0 Å². The number of rotatable bonds is 4. The van der Waals surface area contributed by atoms with Gasteiger partial charge in [0.1, 0.15) is 18.2 Å². The Morgan fingerprint density at radius 3 is 2.70 bits per heavy atom. The third-order valence-corrected chi connectivity index (χ3v) is 3.38. The summed E-state index contributed by atoms with van der Waals surface area (Å²) in [5, 5.41) is 10.2. The second kappa shape index (κ2) is 6.25. The molecule has 0 aliphatic heterocycles. The monoisotopic (exact) mass is 294 g/mol. The van der Waals surface area contributed by atoms with Crippen LogP contribution in [0.3, 0.4) is 0 Å². The standard InChI is InChI=1S/C16H16ClFO2/c1-10-3-6-16(14(7-10)11(2)19)20-9-12-8-13(18)4-5-15(12)17/h3-8,11,19H,9H2,1-2H3/t11-/m0/s1. The summed E-state index contributed by atoms with van der Waals surface area (Å²) in [6.07, 6.45) is -0.632. The van der Waals surface area contributed by atoms with Crippen LogP contribution < -0.4 is 4.74 Å². The van der Waals surface area contributed by atoms with Crippen LogP contribution in [-0.2, 0) is 6.61 Å². The summed E-state index contributed by atoms with van der Waals surface area (Å²) in [6.45, 7) is 3.77. The lowest BCUT2D eigenvalue weighted by molar-refractivity contribution is 0.190. The Labute approximate surface area is 122 Å². The quantitative estimate of drug-likeness (QED) is 0.904. The van der Waals surface area contributed by atoms with Crippen molar-refractivity contribution in [2.75, 3.05) is 0 Å². The lowest BCUT2D eigenvalue weighted by Crippen LogP contribution is -2.02. The van der Waals surface area contributed by atoms with Gasteiger partial charge in [-0.25, -0.2) is 4.39 Å². The second-order valence-corrected chi connectivity index (χ2v) is 5.15. The fourth-order valence-corrected chi connectivity index (χ4v) is 2.11. The summed E-state index contributed by atoms with van der Waals surface area (Å²) in [5.74, 6) is 0.221. The molecule has 2 rings (SSSR count). The van der Waals surface area contributed by atoms with Crippen LogP contribution in [0.15, 0.2) is 36.4 Å². The maximum absolute atomic E-state index is 13.2. The molecule has 0 unspecified atom stereocenters. The van der Waals surface area contributed by atoms with Crippen LogP contribution >= 0.6 is 11.6 Å². The summed E-state index contributed by atoms with van der Waals surface area (Å²) < 4.78 is 18.8. The number of ether oxygens (including phenoxy) is 1. The molecule has 106 valence electrons. The lowest BCUT2D eigenvalue weighted by atomic mass is 10.1. The lowest BCUT2D eigenvalue weighted by Gasteiger charge is -2.15. The summed E-state index contributed by atoms with van der Waals surface area (Å²) in [5.41, 5.74) is 2.32. The van der Waals surface area contributed by atoms with E-state index in [-0.39, 0.29) is 12.4 Å². The van der Waals surface area contributed by atoms with Crippen molar-refractivity contribution < 1.29 is 14.2 Å². The van der Waals surface area contributed by atoms with Gasteiger partial charge in [0.2, 0.25) is 0 Å². The highest BCUT2D eigenvalue weighted by atomic mass is 35.5. The number of aryl methyl sites for hydroxylation is 1.